The highest BCUT2D eigenvalue weighted by Gasteiger charge is 2.02. The van der Waals surface area contributed by atoms with Gasteiger partial charge in [0.15, 0.2) is 0 Å². The van der Waals surface area contributed by atoms with Gasteiger partial charge in [0.25, 0.3) is 0 Å². The van der Waals surface area contributed by atoms with E-state index in [-0.39, 0.29) is 11.0 Å². The van der Waals surface area contributed by atoms with Crippen molar-refractivity contribution in [1.82, 2.24) is 0 Å². The quantitative estimate of drug-likeness (QED) is 0.582. The molecular formula is C16H17BO2. The zero-order chi connectivity index (χ0) is 11.7. The van der Waals surface area contributed by atoms with E-state index in [1.54, 1.807) is 0 Å². The zero-order valence-electron chi connectivity index (χ0n) is 10.9. The minimum Gasteiger partial charge on any atom is -0.412 e. The van der Waals surface area contributed by atoms with E-state index in [9.17, 15) is 0 Å². The van der Waals surface area contributed by atoms with Crippen molar-refractivity contribution in [1.29, 1.82) is 0 Å². The summed E-state index contributed by atoms with van der Waals surface area (Å²) in [5.41, 5.74) is 3.89. The second-order valence-corrected chi connectivity index (χ2v) is 4.39. The highest BCUT2D eigenvalue weighted by Crippen LogP contribution is 2.27. The summed E-state index contributed by atoms with van der Waals surface area (Å²) in [6.07, 6.45) is 0. The highest BCUT2D eigenvalue weighted by atomic mass is 16.0. The molecule has 0 amide bonds. The van der Waals surface area contributed by atoms with Crippen LogP contribution in [0.5, 0.6) is 0 Å². The van der Waals surface area contributed by atoms with E-state index in [2.05, 4.69) is 74.6 Å². The van der Waals surface area contributed by atoms with Crippen molar-refractivity contribution in [3.8, 4) is 11.1 Å². The maximum absolute atomic E-state index is 2.19. The molecule has 0 fully saturated rings. The summed E-state index contributed by atoms with van der Waals surface area (Å²) in [6, 6.07) is 23.7. The molecule has 0 saturated heterocycles. The molecule has 0 bridgehead atoms. The van der Waals surface area contributed by atoms with Crippen molar-refractivity contribution in [2.75, 3.05) is 0 Å². The molecular weight excluding hydrogens is 235 g/mol. The van der Waals surface area contributed by atoms with E-state index in [1.165, 1.54) is 27.4 Å². The Morgan fingerprint density at radius 2 is 1.26 bits per heavy atom. The van der Waals surface area contributed by atoms with Crippen LogP contribution in [0, 0.1) is 0 Å². The first-order chi connectivity index (χ1) is 8.34. The molecule has 0 aliphatic carbocycles. The molecule has 2 nitrogen and oxygen atoms in total. The Morgan fingerprint density at radius 3 is 2.00 bits per heavy atom. The molecule has 3 heteroatoms. The predicted molar refractivity (Wildman–Crippen MR) is 84.8 cm³/mol. The summed E-state index contributed by atoms with van der Waals surface area (Å²) in [5.74, 6) is 0. The molecule has 0 aromatic heterocycles. The fourth-order valence-corrected chi connectivity index (χ4v) is 2.21. The van der Waals surface area contributed by atoms with Crippen LogP contribution < -0.4 is 5.46 Å². The Balaban J connectivity index is 0.000000902. The molecule has 0 saturated carbocycles. The third kappa shape index (κ3) is 2.84. The van der Waals surface area contributed by atoms with E-state index >= 15 is 0 Å². The average molecular weight is 252 g/mol. The van der Waals surface area contributed by atoms with Gasteiger partial charge in [-0.2, -0.15) is 0 Å². The molecule has 0 heterocycles. The molecule has 3 rings (SSSR count). The number of fused-ring (bicyclic) bond motifs is 1. The fourth-order valence-electron chi connectivity index (χ4n) is 2.21. The average Bonchev–Trinajstić information content (AvgIpc) is 2.39. The molecule has 0 aliphatic rings. The van der Waals surface area contributed by atoms with Crippen LogP contribution in [0.4, 0.5) is 0 Å². The predicted octanol–water partition coefficient (Wildman–Crippen LogP) is 1.12. The van der Waals surface area contributed by atoms with Gasteiger partial charge in [-0.25, -0.2) is 0 Å². The van der Waals surface area contributed by atoms with Crippen LogP contribution in [-0.2, 0) is 0 Å². The number of hydrogen-bond donors (Lipinski definition) is 0. The van der Waals surface area contributed by atoms with Crippen molar-refractivity contribution in [2.45, 2.75) is 0 Å². The molecule has 0 unspecified atom stereocenters. The Labute approximate surface area is 113 Å². The topological polar surface area (TPSA) is 63.0 Å². The van der Waals surface area contributed by atoms with Gasteiger partial charge in [-0.3, -0.25) is 0 Å². The van der Waals surface area contributed by atoms with Gasteiger partial charge in [-0.15, -0.1) is 0 Å². The minimum atomic E-state index is 0. The van der Waals surface area contributed by atoms with Gasteiger partial charge in [0.1, 0.15) is 7.85 Å². The molecule has 0 radical (unpaired) electrons. The second-order valence-electron chi connectivity index (χ2n) is 4.39. The lowest BCUT2D eigenvalue weighted by atomic mass is 9.92. The third-order valence-electron chi connectivity index (χ3n) is 3.15. The Morgan fingerprint density at radius 1 is 0.632 bits per heavy atom. The highest BCUT2D eigenvalue weighted by molar-refractivity contribution is 6.32. The molecule has 3 aromatic carbocycles. The van der Waals surface area contributed by atoms with Crippen LogP contribution in [-0.4, -0.2) is 18.8 Å². The summed E-state index contributed by atoms with van der Waals surface area (Å²) in [6.45, 7) is 0. The first-order valence-corrected chi connectivity index (χ1v) is 5.89. The second kappa shape index (κ2) is 6.18. The fraction of sp³-hybridized carbons (Fsp3) is 0. The molecule has 0 spiro atoms. The lowest BCUT2D eigenvalue weighted by Crippen LogP contribution is -1.99. The maximum Gasteiger partial charge on any atom is 0.139 e. The van der Waals surface area contributed by atoms with Gasteiger partial charge >= 0.3 is 0 Å². The van der Waals surface area contributed by atoms with Gasteiger partial charge in [0.05, 0.1) is 0 Å². The van der Waals surface area contributed by atoms with Crippen molar-refractivity contribution in [3.05, 3.63) is 66.7 Å². The number of hydrogen-bond acceptors (Lipinski definition) is 0. The van der Waals surface area contributed by atoms with Gasteiger partial charge in [-0.05, 0) is 21.9 Å². The van der Waals surface area contributed by atoms with Crippen LogP contribution in [0.15, 0.2) is 66.7 Å². The lowest BCUT2D eigenvalue weighted by Gasteiger charge is -2.07. The smallest absolute Gasteiger partial charge is 0.139 e. The molecule has 4 N–H and O–H groups in total. The molecule has 3 aromatic rings. The van der Waals surface area contributed by atoms with Crippen molar-refractivity contribution in [3.63, 3.8) is 0 Å². The Kier molecular flexibility index (Phi) is 4.87. The molecule has 0 aliphatic heterocycles. The summed E-state index contributed by atoms with van der Waals surface area (Å²) in [7, 11) is 2.12. The van der Waals surface area contributed by atoms with Gasteiger partial charge in [0.2, 0.25) is 0 Å². The van der Waals surface area contributed by atoms with Crippen molar-refractivity contribution >= 4 is 24.1 Å². The summed E-state index contributed by atoms with van der Waals surface area (Å²) >= 11 is 0. The monoisotopic (exact) mass is 252 g/mol. The standard InChI is InChI=1S/C16H13B.2H2O/c17-14-10-8-13(9-11-14)16-7-3-5-12-4-1-2-6-15(12)16;;/h1-11H,17H2;2*1H2. The largest absolute Gasteiger partial charge is 0.412 e. The lowest BCUT2D eigenvalue weighted by molar-refractivity contribution is 0.823. The first kappa shape index (κ1) is 15.0. The van der Waals surface area contributed by atoms with Crippen molar-refractivity contribution < 1.29 is 11.0 Å². The van der Waals surface area contributed by atoms with Crippen LogP contribution in [0.2, 0.25) is 0 Å². The summed E-state index contributed by atoms with van der Waals surface area (Å²) in [4.78, 5) is 0. The number of benzene rings is 3. The molecule has 96 valence electrons. The molecule has 0 atom stereocenters. The van der Waals surface area contributed by atoms with Crippen LogP contribution in [0.3, 0.4) is 0 Å². The summed E-state index contributed by atoms with van der Waals surface area (Å²) in [5, 5.41) is 2.62. The number of rotatable bonds is 1. The Bertz CT molecular complexity index is 658. The van der Waals surface area contributed by atoms with Crippen molar-refractivity contribution in [2.24, 2.45) is 0 Å². The van der Waals surface area contributed by atoms with E-state index in [0.717, 1.165) is 0 Å². The van der Waals surface area contributed by atoms with E-state index in [4.69, 9.17) is 0 Å². The van der Waals surface area contributed by atoms with E-state index < -0.39 is 0 Å². The normalized spacial score (nSPS) is 9.47. The Hall–Kier alpha value is -2.10. The zero-order valence-corrected chi connectivity index (χ0v) is 10.9. The molecule has 19 heavy (non-hydrogen) atoms. The van der Waals surface area contributed by atoms with Crippen LogP contribution in [0.25, 0.3) is 21.9 Å². The third-order valence-corrected chi connectivity index (χ3v) is 3.15. The van der Waals surface area contributed by atoms with E-state index in [0.29, 0.717) is 0 Å². The first-order valence-electron chi connectivity index (χ1n) is 5.89. The minimum absolute atomic E-state index is 0. The van der Waals surface area contributed by atoms with Gasteiger partial charge in [-0.1, -0.05) is 72.2 Å². The van der Waals surface area contributed by atoms with E-state index in [1.807, 2.05) is 0 Å². The SMILES string of the molecule is Bc1ccc(-c2cccc3ccccc23)cc1.O.O. The van der Waals surface area contributed by atoms with Gasteiger partial charge in [0, 0.05) is 0 Å². The maximum atomic E-state index is 2.19. The summed E-state index contributed by atoms with van der Waals surface area (Å²) < 4.78 is 0. The van der Waals surface area contributed by atoms with Crippen LogP contribution in [0.1, 0.15) is 0 Å². The van der Waals surface area contributed by atoms with Crippen LogP contribution >= 0.6 is 0 Å². The van der Waals surface area contributed by atoms with Gasteiger partial charge < -0.3 is 11.0 Å².